The number of rotatable bonds is 5. The second-order valence-electron chi connectivity index (χ2n) is 2.83. The summed E-state index contributed by atoms with van der Waals surface area (Å²) in [6.45, 7) is 2.79. The van der Waals surface area contributed by atoms with Gasteiger partial charge >= 0.3 is 0 Å². The Morgan fingerprint density at radius 3 is 2.93 bits per heavy atom. The van der Waals surface area contributed by atoms with Crippen molar-refractivity contribution in [2.24, 2.45) is 5.73 Å². The second kappa shape index (κ2) is 5.51. The Labute approximate surface area is 82.9 Å². The van der Waals surface area contributed by atoms with Gasteiger partial charge in [-0.05, 0) is 6.92 Å². The third kappa shape index (κ3) is 2.65. The van der Waals surface area contributed by atoms with E-state index in [1.165, 1.54) is 6.33 Å². The van der Waals surface area contributed by atoms with Crippen LogP contribution in [0.2, 0.25) is 0 Å². The molecular weight excluding hydrogens is 182 g/mol. The van der Waals surface area contributed by atoms with E-state index in [4.69, 9.17) is 15.6 Å². The summed E-state index contributed by atoms with van der Waals surface area (Å²) >= 11 is 0. The summed E-state index contributed by atoms with van der Waals surface area (Å²) in [5.41, 5.74) is 6.19. The minimum Gasteiger partial charge on any atom is -0.478 e. The molecule has 1 heterocycles. The van der Waals surface area contributed by atoms with E-state index in [0.29, 0.717) is 24.7 Å². The quantitative estimate of drug-likeness (QED) is 0.689. The summed E-state index contributed by atoms with van der Waals surface area (Å²) in [6, 6.07) is 1.71. The SMILES string of the molecule is CCOc1cc(C(CN)CO)ncn1. The summed E-state index contributed by atoms with van der Waals surface area (Å²) < 4.78 is 5.21. The number of aliphatic hydroxyl groups excluding tert-OH is 1. The van der Waals surface area contributed by atoms with Crippen molar-refractivity contribution in [1.82, 2.24) is 9.97 Å². The monoisotopic (exact) mass is 197 g/mol. The van der Waals surface area contributed by atoms with Crippen molar-refractivity contribution in [1.29, 1.82) is 0 Å². The molecule has 0 saturated heterocycles. The van der Waals surface area contributed by atoms with Crippen LogP contribution in [0.5, 0.6) is 5.88 Å². The molecule has 0 radical (unpaired) electrons. The Hall–Kier alpha value is -1.20. The van der Waals surface area contributed by atoms with E-state index in [9.17, 15) is 0 Å². The molecule has 0 aliphatic heterocycles. The van der Waals surface area contributed by atoms with Crippen LogP contribution >= 0.6 is 0 Å². The maximum atomic E-state index is 9.02. The number of aromatic nitrogens is 2. The van der Waals surface area contributed by atoms with Crippen LogP contribution in [0.3, 0.4) is 0 Å². The lowest BCUT2D eigenvalue weighted by Crippen LogP contribution is -2.17. The van der Waals surface area contributed by atoms with E-state index in [-0.39, 0.29) is 12.5 Å². The van der Waals surface area contributed by atoms with Gasteiger partial charge in [0.25, 0.3) is 0 Å². The van der Waals surface area contributed by atoms with Crippen molar-refractivity contribution in [3.63, 3.8) is 0 Å². The van der Waals surface area contributed by atoms with E-state index in [0.717, 1.165) is 0 Å². The first kappa shape index (κ1) is 10.9. The first-order valence-corrected chi connectivity index (χ1v) is 4.57. The van der Waals surface area contributed by atoms with Crippen molar-refractivity contribution in [3.05, 3.63) is 18.1 Å². The zero-order valence-corrected chi connectivity index (χ0v) is 8.18. The van der Waals surface area contributed by atoms with E-state index >= 15 is 0 Å². The first-order chi connectivity index (χ1) is 6.81. The van der Waals surface area contributed by atoms with Crippen LogP contribution in [0.15, 0.2) is 12.4 Å². The molecule has 1 rings (SSSR count). The molecule has 0 saturated carbocycles. The molecular formula is C9H15N3O2. The molecule has 0 aromatic carbocycles. The number of nitrogens with zero attached hydrogens (tertiary/aromatic N) is 2. The van der Waals surface area contributed by atoms with Crippen molar-refractivity contribution < 1.29 is 9.84 Å². The van der Waals surface area contributed by atoms with Gasteiger partial charge in [0, 0.05) is 18.5 Å². The molecule has 1 unspecified atom stereocenters. The Morgan fingerprint density at radius 2 is 2.36 bits per heavy atom. The van der Waals surface area contributed by atoms with Gasteiger partial charge < -0.3 is 15.6 Å². The van der Waals surface area contributed by atoms with Crippen molar-refractivity contribution in [2.45, 2.75) is 12.8 Å². The smallest absolute Gasteiger partial charge is 0.216 e. The number of nitrogens with two attached hydrogens (primary N) is 1. The highest BCUT2D eigenvalue weighted by molar-refractivity contribution is 5.17. The van der Waals surface area contributed by atoms with Gasteiger partial charge in [0.15, 0.2) is 0 Å². The summed E-state index contributed by atoms with van der Waals surface area (Å²) in [4.78, 5) is 7.96. The summed E-state index contributed by atoms with van der Waals surface area (Å²) in [7, 11) is 0. The van der Waals surface area contributed by atoms with Gasteiger partial charge in [-0.1, -0.05) is 0 Å². The maximum absolute atomic E-state index is 9.02. The molecule has 5 nitrogen and oxygen atoms in total. The predicted octanol–water partition coefficient (Wildman–Crippen LogP) is -0.0901. The molecule has 14 heavy (non-hydrogen) atoms. The van der Waals surface area contributed by atoms with E-state index in [1.54, 1.807) is 6.07 Å². The van der Waals surface area contributed by atoms with Crippen LogP contribution < -0.4 is 10.5 Å². The van der Waals surface area contributed by atoms with Gasteiger partial charge in [0.1, 0.15) is 6.33 Å². The highest BCUT2D eigenvalue weighted by Gasteiger charge is 2.10. The molecule has 78 valence electrons. The number of hydrogen-bond donors (Lipinski definition) is 2. The fourth-order valence-corrected chi connectivity index (χ4v) is 1.09. The van der Waals surface area contributed by atoms with Gasteiger partial charge in [-0.15, -0.1) is 0 Å². The number of hydrogen-bond acceptors (Lipinski definition) is 5. The highest BCUT2D eigenvalue weighted by Crippen LogP contribution is 2.14. The molecule has 0 aliphatic carbocycles. The Kier molecular flexibility index (Phi) is 4.28. The maximum Gasteiger partial charge on any atom is 0.216 e. The van der Waals surface area contributed by atoms with Crippen LogP contribution in [0.25, 0.3) is 0 Å². The summed E-state index contributed by atoms with van der Waals surface area (Å²) in [5, 5.41) is 9.02. The standard InChI is InChI=1S/C9H15N3O2/c1-2-14-9-3-8(11-6-12-9)7(4-10)5-13/h3,6-7,13H,2,4-5,10H2,1H3. The minimum atomic E-state index is -0.141. The van der Waals surface area contributed by atoms with Gasteiger partial charge in [0.2, 0.25) is 5.88 Å². The molecule has 0 amide bonds. The minimum absolute atomic E-state index is 0.0148. The predicted molar refractivity (Wildman–Crippen MR) is 52.1 cm³/mol. The molecule has 5 heteroatoms. The molecule has 1 aromatic rings. The van der Waals surface area contributed by atoms with Crippen LogP contribution in [0, 0.1) is 0 Å². The second-order valence-corrected chi connectivity index (χ2v) is 2.83. The zero-order valence-electron chi connectivity index (χ0n) is 8.18. The van der Waals surface area contributed by atoms with Crippen LogP contribution in [-0.4, -0.2) is 34.8 Å². The first-order valence-electron chi connectivity index (χ1n) is 4.57. The lowest BCUT2D eigenvalue weighted by atomic mass is 10.1. The van der Waals surface area contributed by atoms with Crippen LogP contribution in [-0.2, 0) is 0 Å². The van der Waals surface area contributed by atoms with Crippen molar-refractivity contribution >= 4 is 0 Å². The Balaban J connectivity index is 2.81. The molecule has 1 atom stereocenters. The number of ether oxygens (including phenoxy) is 1. The van der Waals surface area contributed by atoms with Crippen molar-refractivity contribution in [2.75, 3.05) is 19.8 Å². The van der Waals surface area contributed by atoms with Gasteiger partial charge in [-0.25, -0.2) is 9.97 Å². The van der Waals surface area contributed by atoms with E-state index in [2.05, 4.69) is 9.97 Å². The third-order valence-electron chi connectivity index (χ3n) is 1.88. The fourth-order valence-electron chi connectivity index (χ4n) is 1.09. The van der Waals surface area contributed by atoms with Crippen LogP contribution in [0.4, 0.5) is 0 Å². The van der Waals surface area contributed by atoms with Crippen LogP contribution in [0.1, 0.15) is 18.5 Å². The summed E-state index contributed by atoms with van der Waals surface area (Å²) in [6.07, 6.45) is 1.42. The third-order valence-corrected chi connectivity index (χ3v) is 1.88. The average Bonchev–Trinajstić information content (AvgIpc) is 2.21. The molecule has 1 aromatic heterocycles. The summed E-state index contributed by atoms with van der Waals surface area (Å²) in [5.74, 6) is 0.376. The van der Waals surface area contributed by atoms with E-state index < -0.39 is 0 Å². The topological polar surface area (TPSA) is 81.3 Å². The van der Waals surface area contributed by atoms with Gasteiger partial charge in [-0.3, -0.25) is 0 Å². The molecule has 0 spiro atoms. The van der Waals surface area contributed by atoms with Gasteiger partial charge in [0.05, 0.1) is 18.9 Å². The lowest BCUT2D eigenvalue weighted by Gasteiger charge is -2.11. The molecule has 0 fully saturated rings. The average molecular weight is 197 g/mol. The Bertz CT molecular complexity index is 277. The zero-order chi connectivity index (χ0) is 10.4. The van der Waals surface area contributed by atoms with Gasteiger partial charge in [-0.2, -0.15) is 0 Å². The lowest BCUT2D eigenvalue weighted by molar-refractivity contribution is 0.264. The highest BCUT2D eigenvalue weighted by atomic mass is 16.5. The molecule has 0 aliphatic rings. The van der Waals surface area contributed by atoms with E-state index in [1.807, 2.05) is 6.92 Å². The molecule has 0 bridgehead atoms. The number of aliphatic hydroxyl groups is 1. The van der Waals surface area contributed by atoms with Crippen molar-refractivity contribution in [3.8, 4) is 5.88 Å². The molecule has 3 N–H and O–H groups in total. The largest absolute Gasteiger partial charge is 0.478 e. The fraction of sp³-hybridized carbons (Fsp3) is 0.556. The normalized spacial score (nSPS) is 12.5. The Morgan fingerprint density at radius 1 is 1.57 bits per heavy atom.